The van der Waals surface area contributed by atoms with Crippen molar-refractivity contribution >= 4 is 23.6 Å². The van der Waals surface area contributed by atoms with Gasteiger partial charge in [-0.25, -0.2) is 9.97 Å². The van der Waals surface area contributed by atoms with Crippen LogP contribution >= 0.6 is 11.8 Å². The van der Waals surface area contributed by atoms with Gasteiger partial charge in [0.1, 0.15) is 0 Å². The van der Waals surface area contributed by atoms with Gasteiger partial charge in [-0.1, -0.05) is 31.5 Å². The minimum absolute atomic E-state index is 0.201. The second-order valence-corrected chi connectivity index (χ2v) is 7.73. The molecule has 2 rings (SSSR count). The van der Waals surface area contributed by atoms with E-state index >= 15 is 0 Å². The molecule has 0 unspecified atom stereocenters. The van der Waals surface area contributed by atoms with Gasteiger partial charge in [-0.05, 0) is 50.8 Å². The van der Waals surface area contributed by atoms with E-state index in [1.807, 2.05) is 20.1 Å². The van der Waals surface area contributed by atoms with Crippen molar-refractivity contribution in [2.45, 2.75) is 70.5 Å². The highest BCUT2D eigenvalue weighted by atomic mass is 32.2. The molecule has 0 aromatic carbocycles. The highest BCUT2D eigenvalue weighted by Crippen LogP contribution is 2.23. The Morgan fingerprint density at radius 3 is 2.46 bits per heavy atom. The summed E-state index contributed by atoms with van der Waals surface area (Å²) in [6.45, 7) is 5.80. The largest absolute Gasteiger partial charge is 0.456 e. The molecule has 144 valence electrons. The maximum atomic E-state index is 12.0. The number of esters is 1. The van der Waals surface area contributed by atoms with Crippen LogP contribution in [-0.4, -0.2) is 40.7 Å². The number of aromatic nitrogens is 2. The van der Waals surface area contributed by atoms with Crippen LogP contribution in [0.3, 0.4) is 0 Å². The summed E-state index contributed by atoms with van der Waals surface area (Å²) in [7, 11) is 0. The Morgan fingerprint density at radius 2 is 1.85 bits per heavy atom. The van der Waals surface area contributed by atoms with Crippen molar-refractivity contribution in [3.8, 4) is 0 Å². The zero-order valence-corrected chi connectivity index (χ0v) is 16.9. The number of hydrogen-bond acceptors (Lipinski definition) is 6. The number of carbonyl (C=O) groups is 2. The van der Waals surface area contributed by atoms with Gasteiger partial charge >= 0.3 is 5.97 Å². The van der Waals surface area contributed by atoms with Crippen LogP contribution in [0.5, 0.6) is 0 Å². The Balaban J connectivity index is 1.76. The van der Waals surface area contributed by atoms with Gasteiger partial charge in [0.25, 0.3) is 5.91 Å². The fourth-order valence-electron chi connectivity index (χ4n) is 3.39. The van der Waals surface area contributed by atoms with Gasteiger partial charge in [-0.2, -0.15) is 0 Å². The van der Waals surface area contributed by atoms with Gasteiger partial charge in [0.05, 0.1) is 0 Å². The molecular formula is C19H29N3O3S. The molecule has 6 nitrogen and oxygen atoms in total. The zero-order chi connectivity index (χ0) is 19.1. The monoisotopic (exact) mass is 379 g/mol. The third-order valence-corrected chi connectivity index (χ3v) is 5.53. The van der Waals surface area contributed by atoms with Gasteiger partial charge in [-0.3, -0.25) is 9.59 Å². The van der Waals surface area contributed by atoms with Gasteiger partial charge in [0, 0.05) is 23.9 Å². The molecule has 1 aromatic heterocycles. The number of amides is 1. The molecule has 0 radical (unpaired) electrons. The first-order chi connectivity index (χ1) is 12.4. The van der Waals surface area contributed by atoms with Gasteiger partial charge in [0.15, 0.2) is 11.8 Å². The lowest BCUT2D eigenvalue weighted by atomic mass is 9.86. The van der Waals surface area contributed by atoms with Crippen LogP contribution in [0.2, 0.25) is 0 Å². The van der Waals surface area contributed by atoms with E-state index in [1.54, 1.807) is 0 Å². The van der Waals surface area contributed by atoms with Crippen LogP contribution in [0.15, 0.2) is 5.16 Å². The average molecular weight is 380 g/mol. The van der Waals surface area contributed by atoms with E-state index < -0.39 is 0 Å². The fourth-order valence-corrected chi connectivity index (χ4v) is 3.84. The summed E-state index contributed by atoms with van der Waals surface area (Å²) in [5.41, 5.74) is 2.75. The average Bonchev–Trinajstić information content (AvgIpc) is 2.61. The summed E-state index contributed by atoms with van der Waals surface area (Å²) in [4.78, 5) is 32.8. The van der Waals surface area contributed by atoms with E-state index in [0.717, 1.165) is 41.4 Å². The van der Waals surface area contributed by atoms with E-state index in [0.29, 0.717) is 12.3 Å². The summed E-state index contributed by atoms with van der Waals surface area (Å²) in [5.74, 6) is -0.0969. The quantitative estimate of drug-likeness (QED) is 0.446. The molecule has 1 amide bonds. The van der Waals surface area contributed by atoms with Crippen LogP contribution < -0.4 is 5.32 Å². The molecule has 2 atom stereocenters. The second kappa shape index (κ2) is 9.90. The number of nitrogens with one attached hydrogen (secondary N) is 1. The second-order valence-electron chi connectivity index (χ2n) is 6.96. The number of rotatable bonds is 7. The molecular weight excluding hydrogens is 350 g/mol. The first kappa shape index (κ1) is 20.7. The predicted molar refractivity (Wildman–Crippen MR) is 102 cm³/mol. The first-order valence-electron chi connectivity index (χ1n) is 9.23. The first-order valence-corrected chi connectivity index (χ1v) is 10.5. The van der Waals surface area contributed by atoms with Gasteiger partial charge in [0.2, 0.25) is 0 Å². The van der Waals surface area contributed by atoms with E-state index in [9.17, 15) is 9.59 Å². The van der Waals surface area contributed by atoms with Crippen molar-refractivity contribution in [3.05, 3.63) is 17.0 Å². The highest BCUT2D eigenvalue weighted by molar-refractivity contribution is 7.98. The molecule has 0 spiro atoms. The van der Waals surface area contributed by atoms with Gasteiger partial charge in [-0.15, -0.1) is 0 Å². The lowest BCUT2D eigenvalue weighted by molar-refractivity contribution is -0.148. The van der Waals surface area contributed by atoms with E-state index in [4.69, 9.17) is 4.74 Å². The smallest absolute Gasteiger partial charge is 0.306 e. The Morgan fingerprint density at radius 1 is 1.19 bits per heavy atom. The Bertz CT molecular complexity index is 628. The van der Waals surface area contributed by atoms with E-state index in [-0.39, 0.29) is 30.9 Å². The minimum Gasteiger partial charge on any atom is -0.456 e. The van der Waals surface area contributed by atoms with Crippen molar-refractivity contribution in [1.82, 2.24) is 15.3 Å². The highest BCUT2D eigenvalue weighted by Gasteiger charge is 2.23. The number of ether oxygens (including phenoxy) is 1. The fraction of sp³-hybridized carbons (Fsp3) is 0.684. The lowest BCUT2D eigenvalue weighted by Gasteiger charge is -2.29. The molecule has 1 fully saturated rings. The van der Waals surface area contributed by atoms with Crippen molar-refractivity contribution in [1.29, 1.82) is 0 Å². The molecule has 7 heteroatoms. The Labute approximate surface area is 159 Å². The molecule has 1 aliphatic rings. The Kier molecular flexibility index (Phi) is 7.87. The molecule has 1 aromatic rings. The minimum atomic E-state index is -0.371. The van der Waals surface area contributed by atoms with E-state index in [1.165, 1.54) is 18.2 Å². The summed E-state index contributed by atoms with van der Waals surface area (Å²) in [6, 6.07) is 0.201. The molecule has 0 bridgehead atoms. The van der Waals surface area contributed by atoms with Crippen LogP contribution in [0.1, 0.15) is 56.0 Å². The molecule has 1 saturated carbocycles. The summed E-state index contributed by atoms with van der Waals surface area (Å²) < 4.78 is 5.13. The maximum Gasteiger partial charge on any atom is 0.306 e. The topological polar surface area (TPSA) is 81.2 Å². The van der Waals surface area contributed by atoms with Crippen LogP contribution in [0.4, 0.5) is 0 Å². The maximum absolute atomic E-state index is 12.0. The van der Waals surface area contributed by atoms with Crippen LogP contribution in [0.25, 0.3) is 0 Å². The molecule has 1 heterocycles. The molecule has 0 saturated heterocycles. The molecule has 1 N–H and O–H groups in total. The number of thioether (sulfide) groups is 1. The number of nitrogens with zero attached hydrogens (tertiary/aromatic N) is 2. The van der Waals surface area contributed by atoms with Crippen molar-refractivity contribution in [3.63, 3.8) is 0 Å². The Hall–Kier alpha value is -1.63. The number of aryl methyl sites for hydroxylation is 2. The SMILES string of the molecule is CSc1nc(C)c(CCC(=O)OCC(=O)N[C@H]2CCCC[C@H]2C)c(C)n1. The summed E-state index contributed by atoms with van der Waals surface area (Å²) in [5, 5.41) is 3.73. The predicted octanol–water partition coefficient (Wildman–Crippen LogP) is 2.99. The van der Waals surface area contributed by atoms with Crippen molar-refractivity contribution in [2.75, 3.05) is 12.9 Å². The lowest BCUT2D eigenvalue weighted by Crippen LogP contribution is -2.42. The third-order valence-electron chi connectivity index (χ3n) is 4.98. The van der Waals surface area contributed by atoms with Crippen LogP contribution in [-0.2, 0) is 20.7 Å². The van der Waals surface area contributed by atoms with Gasteiger partial charge < -0.3 is 10.1 Å². The number of carbonyl (C=O) groups excluding carboxylic acids is 2. The third kappa shape index (κ3) is 5.97. The molecule has 0 aliphatic heterocycles. The van der Waals surface area contributed by atoms with Crippen LogP contribution in [0, 0.1) is 19.8 Å². The molecule has 1 aliphatic carbocycles. The van der Waals surface area contributed by atoms with Crippen molar-refractivity contribution in [2.24, 2.45) is 5.92 Å². The normalized spacial score (nSPS) is 19.8. The summed E-state index contributed by atoms with van der Waals surface area (Å²) >= 11 is 1.50. The molecule has 26 heavy (non-hydrogen) atoms. The number of hydrogen-bond donors (Lipinski definition) is 1. The van der Waals surface area contributed by atoms with E-state index in [2.05, 4.69) is 22.2 Å². The standard InChI is InChI=1S/C19H29N3O3S/c1-12-7-5-6-8-16(12)22-17(23)11-25-18(24)10-9-15-13(2)20-19(26-4)21-14(15)3/h12,16H,5-11H2,1-4H3,(H,22,23)/t12-,16+/m1/s1. The zero-order valence-electron chi connectivity index (χ0n) is 16.1. The van der Waals surface area contributed by atoms with Crippen molar-refractivity contribution < 1.29 is 14.3 Å². The summed E-state index contributed by atoms with van der Waals surface area (Å²) in [6.07, 6.45) is 7.19.